The predicted octanol–water partition coefficient (Wildman–Crippen LogP) is 1.48. The summed E-state index contributed by atoms with van der Waals surface area (Å²) < 4.78 is 10.7. The van der Waals surface area contributed by atoms with Gasteiger partial charge in [-0.2, -0.15) is 0 Å². The molecule has 2 aliphatic rings. The highest BCUT2D eigenvalue weighted by atomic mass is 16.5. The van der Waals surface area contributed by atoms with Gasteiger partial charge < -0.3 is 19.3 Å². The molecular formula is C19H26N2O4. The third-order valence-corrected chi connectivity index (χ3v) is 4.97. The van der Waals surface area contributed by atoms with E-state index in [0.717, 1.165) is 24.8 Å². The number of para-hydroxylation sites is 1. The van der Waals surface area contributed by atoms with Gasteiger partial charge in [-0.25, -0.2) is 0 Å². The molecule has 2 amide bonds. The van der Waals surface area contributed by atoms with Crippen LogP contribution < -0.4 is 4.74 Å². The van der Waals surface area contributed by atoms with E-state index in [1.165, 1.54) is 0 Å². The first kappa shape index (κ1) is 17.7. The highest BCUT2D eigenvalue weighted by molar-refractivity contribution is 5.89. The van der Waals surface area contributed by atoms with Gasteiger partial charge in [0.05, 0.1) is 26.7 Å². The van der Waals surface area contributed by atoms with Crippen LogP contribution >= 0.6 is 0 Å². The molecule has 3 rings (SSSR count). The Hall–Kier alpha value is -2.08. The van der Waals surface area contributed by atoms with Crippen molar-refractivity contribution in [2.24, 2.45) is 0 Å². The van der Waals surface area contributed by atoms with Gasteiger partial charge in [-0.3, -0.25) is 9.59 Å². The molecule has 2 heterocycles. The van der Waals surface area contributed by atoms with Crippen LogP contribution in [0, 0.1) is 0 Å². The van der Waals surface area contributed by atoms with Crippen LogP contribution in [0.1, 0.15) is 24.8 Å². The van der Waals surface area contributed by atoms with Gasteiger partial charge in [0.2, 0.25) is 11.8 Å². The number of methoxy groups -OCH3 is 1. The zero-order chi connectivity index (χ0) is 17.6. The molecule has 136 valence electrons. The van der Waals surface area contributed by atoms with Crippen molar-refractivity contribution < 1.29 is 19.1 Å². The third kappa shape index (κ3) is 4.12. The fourth-order valence-corrected chi connectivity index (χ4v) is 3.59. The van der Waals surface area contributed by atoms with Crippen molar-refractivity contribution in [3.05, 3.63) is 29.8 Å². The molecule has 6 nitrogen and oxygen atoms in total. The number of piperidine rings is 1. The molecule has 1 atom stereocenters. The normalized spacial score (nSPS) is 21.1. The van der Waals surface area contributed by atoms with Gasteiger partial charge >= 0.3 is 0 Å². The van der Waals surface area contributed by atoms with E-state index in [2.05, 4.69) is 0 Å². The second-order valence-corrected chi connectivity index (χ2v) is 6.52. The van der Waals surface area contributed by atoms with Crippen molar-refractivity contribution in [2.45, 2.75) is 31.7 Å². The average Bonchev–Trinajstić information content (AvgIpc) is 2.68. The Morgan fingerprint density at radius 1 is 1.16 bits per heavy atom. The Bertz CT molecular complexity index is 613. The molecule has 2 aliphatic heterocycles. The standard InChI is InChI=1S/C19H26N2O4/c1-24-17-8-3-2-6-15(17)14-18(22)21-9-5-4-7-16(21)19(23)20-10-12-25-13-11-20/h2-3,6,8,16H,4-5,7,9-14H2,1H3/t16-/m0/s1. The van der Waals surface area contributed by atoms with Crippen LogP contribution in [0.2, 0.25) is 0 Å². The number of carbonyl (C=O) groups is 2. The Kier molecular flexibility index (Phi) is 5.91. The van der Waals surface area contributed by atoms with Crippen LogP contribution in [0.5, 0.6) is 5.75 Å². The minimum absolute atomic E-state index is 0.00388. The van der Waals surface area contributed by atoms with Crippen LogP contribution in [-0.4, -0.2) is 67.6 Å². The smallest absolute Gasteiger partial charge is 0.245 e. The number of rotatable bonds is 4. The number of nitrogens with zero attached hydrogens (tertiary/aromatic N) is 2. The van der Waals surface area contributed by atoms with Crippen LogP contribution in [0.25, 0.3) is 0 Å². The fraction of sp³-hybridized carbons (Fsp3) is 0.579. The van der Waals surface area contributed by atoms with Crippen molar-refractivity contribution in [1.82, 2.24) is 9.80 Å². The van der Waals surface area contributed by atoms with E-state index in [1.807, 2.05) is 29.2 Å². The van der Waals surface area contributed by atoms with Crippen LogP contribution in [0.4, 0.5) is 0 Å². The molecule has 25 heavy (non-hydrogen) atoms. The molecule has 0 radical (unpaired) electrons. The summed E-state index contributed by atoms with van der Waals surface area (Å²) in [4.78, 5) is 29.4. The van der Waals surface area contributed by atoms with Crippen molar-refractivity contribution in [3.63, 3.8) is 0 Å². The monoisotopic (exact) mass is 346 g/mol. The molecule has 0 unspecified atom stereocenters. The molecule has 2 saturated heterocycles. The van der Waals surface area contributed by atoms with Crippen LogP contribution in [-0.2, 0) is 20.7 Å². The van der Waals surface area contributed by atoms with Gasteiger partial charge in [-0.05, 0) is 25.3 Å². The van der Waals surface area contributed by atoms with Gasteiger partial charge in [0.25, 0.3) is 0 Å². The summed E-state index contributed by atoms with van der Waals surface area (Å²) in [6.45, 7) is 3.03. The van der Waals surface area contributed by atoms with Gasteiger partial charge in [-0.15, -0.1) is 0 Å². The van der Waals surface area contributed by atoms with Crippen molar-refractivity contribution in [3.8, 4) is 5.75 Å². The zero-order valence-corrected chi connectivity index (χ0v) is 14.8. The molecule has 0 aromatic heterocycles. The lowest BCUT2D eigenvalue weighted by molar-refractivity contribution is -0.149. The second kappa shape index (κ2) is 8.34. The van der Waals surface area contributed by atoms with E-state index < -0.39 is 0 Å². The second-order valence-electron chi connectivity index (χ2n) is 6.52. The van der Waals surface area contributed by atoms with E-state index in [9.17, 15) is 9.59 Å². The number of ether oxygens (including phenoxy) is 2. The number of hydrogen-bond acceptors (Lipinski definition) is 4. The lowest BCUT2D eigenvalue weighted by atomic mass is 9.99. The van der Waals surface area contributed by atoms with Crippen molar-refractivity contribution >= 4 is 11.8 Å². The molecule has 0 bridgehead atoms. The highest BCUT2D eigenvalue weighted by Gasteiger charge is 2.35. The Balaban J connectivity index is 1.71. The van der Waals surface area contributed by atoms with Gasteiger partial charge in [0.1, 0.15) is 11.8 Å². The summed E-state index contributed by atoms with van der Waals surface area (Å²) in [5.74, 6) is 0.774. The molecule has 6 heteroatoms. The van der Waals surface area contributed by atoms with Gasteiger partial charge in [0, 0.05) is 25.2 Å². The molecular weight excluding hydrogens is 320 g/mol. The number of morpholine rings is 1. The van der Waals surface area contributed by atoms with E-state index >= 15 is 0 Å². The maximum atomic E-state index is 12.9. The van der Waals surface area contributed by atoms with Crippen LogP contribution in [0.3, 0.4) is 0 Å². The first-order chi connectivity index (χ1) is 12.2. The van der Waals surface area contributed by atoms with Gasteiger partial charge in [-0.1, -0.05) is 18.2 Å². The average molecular weight is 346 g/mol. The molecule has 0 spiro atoms. The Morgan fingerprint density at radius 2 is 1.92 bits per heavy atom. The molecule has 0 saturated carbocycles. The topological polar surface area (TPSA) is 59.1 Å². The number of carbonyl (C=O) groups excluding carboxylic acids is 2. The first-order valence-electron chi connectivity index (χ1n) is 8.98. The van der Waals surface area contributed by atoms with Gasteiger partial charge in [0.15, 0.2) is 0 Å². The summed E-state index contributed by atoms with van der Waals surface area (Å²) in [6, 6.07) is 7.21. The first-order valence-corrected chi connectivity index (χ1v) is 8.98. The minimum Gasteiger partial charge on any atom is -0.496 e. The molecule has 1 aromatic carbocycles. The van der Waals surface area contributed by atoms with E-state index in [1.54, 1.807) is 12.0 Å². The molecule has 0 aliphatic carbocycles. The summed E-state index contributed by atoms with van der Waals surface area (Å²) in [6.07, 6.45) is 2.94. The van der Waals surface area contributed by atoms with Crippen molar-refractivity contribution in [1.29, 1.82) is 0 Å². The SMILES string of the molecule is COc1ccccc1CC(=O)N1CCCC[C@H]1C(=O)N1CCOCC1. The predicted molar refractivity (Wildman–Crippen MR) is 93.4 cm³/mol. The lowest BCUT2D eigenvalue weighted by Gasteiger charge is -2.38. The zero-order valence-electron chi connectivity index (χ0n) is 14.8. The minimum atomic E-state index is -0.339. The largest absolute Gasteiger partial charge is 0.496 e. The maximum Gasteiger partial charge on any atom is 0.245 e. The summed E-state index contributed by atoms with van der Waals surface area (Å²) in [5.41, 5.74) is 0.859. The number of hydrogen-bond donors (Lipinski definition) is 0. The summed E-state index contributed by atoms with van der Waals surface area (Å²) >= 11 is 0. The molecule has 1 aromatic rings. The molecule has 2 fully saturated rings. The highest BCUT2D eigenvalue weighted by Crippen LogP contribution is 2.23. The lowest BCUT2D eigenvalue weighted by Crippen LogP contribution is -2.55. The summed E-state index contributed by atoms with van der Waals surface area (Å²) in [5, 5.41) is 0. The van der Waals surface area contributed by atoms with E-state index in [4.69, 9.17) is 9.47 Å². The van der Waals surface area contributed by atoms with Crippen molar-refractivity contribution in [2.75, 3.05) is 40.0 Å². The number of benzene rings is 1. The Labute approximate surface area is 148 Å². The molecule has 0 N–H and O–H groups in total. The fourth-order valence-electron chi connectivity index (χ4n) is 3.59. The van der Waals surface area contributed by atoms with E-state index in [0.29, 0.717) is 38.6 Å². The maximum absolute atomic E-state index is 12.9. The quantitative estimate of drug-likeness (QED) is 0.829. The third-order valence-electron chi connectivity index (χ3n) is 4.97. The number of amides is 2. The van der Waals surface area contributed by atoms with Crippen LogP contribution in [0.15, 0.2) is 24.3 Å². The Morgan fingerprint density at radius 3 is 2.68 bits per heavy atom. The van der Waals surface area contributed by atoms with E-state index in [-0.39, 0.29) is 24.3 Å². The number of likely N-dealkylation sites (tertiary alicyclic amines) is 1. The summed E-state index contributed by atoms with van der Waals surface area (Å²) in [7, 11) is 1.61.